The van der Waals surface area contributed by atoms with E-state index in [0.29, 0.717) is 32.7 Å². The number of nitrogens with zero attached hydrogens (tertiary/aromatic N) is 3. The van der Waals surface area contributed by atoms with Crippen LogP contribution < -0.4 is 15.6 Å². The molecule has 0 aliphatic heterocycles. The highest BCUT2D eigenvalue weighted by Gasteiger charge is 2.10. The molecule has 2 aromatic carbocycles. The Hall–Kier alpha value is -3.23. The molecule has 4 rings (SSSR count). The van der Waals surface area contributed by atoms with E-state index >= 15 is 0 Å². The van der Waals surface area contributed by atoms with Crippen LogP contribution in [0.1, 0.15) is 21.1 Å². The summed E-state index contributed by atoms with van der Waals surface area (Å²) >= 11 is 7.39. The maximum atomic E-state index is 12.3. The van der Waals surface area contributed by atoms with E-state index in [1.54, 1.807) is 48.5 Å². The van der Waals surface area contributed by atoms with Crippen LogP contribution in [0.2, 0.25) is 5.02 Å². The van der Waals surface area contributed by atoms with Crippen molar-refractivity contribution in [1.29, 1.82) is 0 Å². The van der Waals surface area contributed by atoms with Crippen molar-refractivity contribution in [2.45, 2.75) is 13.5 Å². The summed E-state index contributed by atoms with van der Waals surface area (Å²) in [5.41, 5.74) is 1.30. The number of benzene rings is 2. The Balaban J connectivity index is 1.41. The Morgan fingerprint density at radius 2 is 1.97 bits per heavy atom. The lowest BCUT2D eigenvalue weighted by molar-refractivity contribution is 0.102. The zero-order valence-electron chi connectivity index (χ0n) is 15.3. The summed E-state index contributed by atoms with van der Waals surface area (Å²) in [5.74, 6) is 0.297. The number of nitrogens with one attached hydrogen (secondary N) is 1. The number of halogens is 1. The lowest BCUT2D eigenvalue weighted by atomic mass is 10.2. The van der Waals surface area contributed by atoms with Gasteiger partial charge in [-0.05, 0) is 43.3 Å². The zero-order chi connectivity index (χ0) is 20.4. The first-order valence-corrected chi connectivity index (χ1v) is 9.84. The van der Waals surface area contributed by atoms with Crippen molar-refractivity contribution in [1.82, 2.24) is 14.6 Å². The van der Waals surface area contributed by atoms with Gasteiger partial charge in [0.05, 0.1) is 16.3 Å². The van der Waals surface area contributed by atoms with Crippen LogP contribution >= 0.6 is 22.9 Å². The average Bonchev–Trinajstić information content (AvgIpc) is 3.08. The van der Waals surface area contributed by atoms with Crippen molar-refractivity contribution in [3.8, 4) is 5.75 Å². The Kier molecular flexibility index (Phi) is 5.28. The van der Waals surface area contributed by atoms with Gasteiger partial charge in [0.25, 0.3) is 11.5 Å². The van der Waals surface area contributed by atoms with Gasteiger partial charge < -0.3 is 10.1 Å². The summed E-state index contributed by atoms with van der Waals surface area (Å²) in [6, 6.07) is 15.2. The predicted molar refractivity (Wildman–Crippen MR) is 112 cm³/mol. The molecule has 4 aromatic rings. The van der Waals surface area contributed by atoms with Gasteiger partial charge in [0, 0.05) is 11.8 Å². The molecular formula is C20H15ClN4O3S. The van der Waals surface area contributed by atoms with Crippen LogP contribution in [-0.4, -0.2) is 20.5 Å². The number of carbonyl (C=O) groups excluding carboxylic acids is 1. The molecule has 0 spiro atoms. The second-order valence-electron chi connectivity index (χ2n) is 6.15. The van der Waals surface area contributed by atoms with Gasteiger partial charge in [-0.3, -0.25) is 9.59 Å². The normalized spacial score (nSPS) is 10.8. The molecule has 146 valence electrons. The van der Waals surface area contributed by atoms with Crippen LogP contribution in [0, 0.1) is 6.92 Å². The first-order chi connectivity index (χ1) is 14.0. The number of ether oxygens (including phenoxy) is 1. The molecular weight excluding hydrogens is 412 g/mol. The highest BCUT2D eigenvalue weighted by Crippen LogP contribution is 2.20. The summed E-state index contributed by atoms with van der Waals surface area (Å²) in [6.45, 7) is 1.97. The van der Waals surface area contributed by atoms with Crippen molar-refractivity contribution in [3.05, 3.63) is 86.2 Å². The third-order valence-electron chi connectivity index (χ3n) is 4.02. The standard InChI is InChI=1S/C20H15ClN4O3S/c1-12-24-25-18(26)10-14(23-20(25)29-12)11-28-15-8-6-13(7-9-15)22-19(27)16-4-2-3-5-17(16)21/h2-10H,11H2,1H3,(H,22,27). The minimum atomic E-state index is -0.290. The Morgan fingerprint density at radius 1 is 1.21 bits per heavy atom. The zero-order valence-corrected chi connectivity index (χ0v) is 16.8. The van der Waals surface area contributed by atoms with Crippen LogP contribution in [-0.2, 0) is 6.61 Å². The lowest BCUT2D eigenvalue weighted by Gasteiger charge is -2.09. The fraction of sp³-hybridized carbons (Fsp3) is 0.100. The summed E-state index contributed by atoms with van der Waals surface area (Å²) in [6.07, 6.45) is 0. The van der Waals surface area contributed by atoms with Crippen LogP contribution in [0.5, 0.6) is 5.75 Å². The molecule has 2 aromatic heterocycles. The summed E-state index contributed by atoms with van der Waals surface area (Å²) in [4.78, 5) is 29.3. The molecule has 0 radical (unpaired) electrons. The van der Waals surface area contributed by atoms with Gasteiger partial charge in [-0.25, -0.2) is 4.98 Å². The fourth-order valence-corrected chi connectivity index (χ4v) is 3.65. The molecule has 7 nitrogen and oxygen atoms in total. The summed E-state index contributed by atoms with van der Waals surface area (Å²) in [5, 5.41) is 8.05. The Morgan fingerprint density at radius 3 is 2.72 bits per heavy atom. The first kappa shape index (κ1) is 19.1. The Bertz CT molecular complexity index is 1250. The van der Waals surface area contributed by atoms with Gasteiger partial charge >= 0.3 is 0 Å². The van der Waals surface area contributed by atoms with Crippen molar-refractivity contribution >= 4 is 39.5 Å². The molecule has 9 heteroatoms. The second kappa shape index (κ2) is 8.02. The van der Waals surface area contributed by atoms with E-state index < -0.39 is 0 Å². The molecule has 0 bridgehead atoms. The maximum Gasteiger partial charge on any atom is 0.275 e. The van der Waals surface area contributed by atoms with Crippen molar-refractivity contribution in [2.75, 3.05) is 5.32 Å². The van der Waals surface area contributed by atoms with Crippen LogP contribution in [0.4, 0.5) is 5.69 Å². The van der Waals surface area contributed by atoms with E-state index in [1.165, 1.54) is 21.9 Å². The highest BCUT2D eigenvalue weighted by atomic mass is 35.5. The fourth-order valence-electron chi connectivity index (χ4n) is 2.66. The van der Waals surface area contributed by atoms with Crippen LogP contribution in [0.15, 0.2) is 59.4 Å². The number of fused-ring (bicyclic) bond motifs is 1. The molecule has 29 heavy (non-hydrogen) atoms. The van der Waals surface area contributed by atoms with E-state index in [0.717, 1.165) is 5.01 Å². The van der Waals surface area contributed by atoms with Gasteiger partial charge in [0.1, 0.15) is 17.4 Å². The van der Waals surface area contributed by atoms with E-state index in [-0.39, 0.29) is 18.1 Å². The third kappa shape index (κ3) is 4.28. The van der Waals surface area contributed by atoms with Gasteiger partial charge in [0.15, 0.2) is 0 Å². The molecule has 2 heterocycles. The minimum absolute atomic E-state index is 0.147. The topological polar surface area (TPSA) is 85.6 Å². The quantitative estimate of drug-likeness (QED) is 0.522. The summed E-state index contributed by atoms with van der Waals surface area (Å²) < 4.78 is 6.98. The lowest BCUT2D eigenvalue weighted by Crippen LogP contribution is -2.16. The van der Waals surface area contributed by atoms with E-state index in [4.69, 9.17) is 16.3 Å². The second-order valence-corrected chi connectivity index (χ2v) is 7.72. The number of rotatable bonds is 5. The average molecular weight is 427 g/mol. The first-order valence-electron chi connectivity index (χ1n) is 8.65. The van der Waals surface area contributed by atoms with Crippen molar-refractivity contribution < 1.29 is 9.53 Å². The molecule has 0 saturated carbocycles. The molecule has 1 amide bonds. The smallest absolute Gasteiger partial charge is 0.275 e. The molecule has 0 aliphatic rings. The largest absolute Gasteiger partial charge is 0.487 e. The van der Waals surface area contributed by atoms with Gasteiger partial charge in [0.2, 0.25) is 4.96 Å². The van der Waals surface area contributed by atoms with Crippen molar-refractivity contribution in [3.63, 3.8) is 0 Å². The van der Waals surface area contributed by atoms with E-state index in [1.807, 2.05) is 6.92 Å². The molecule has 1 N–H and O–H groups in total. The Labute approximate surface area is 174 Å². The summed E-state index contributed by atoms with van der Waals surface area (Å²) in [7, 11) is 0. The molecule has 0 saturated heterocycles. The third-order valence-corrected chi connectivity index (χ3v) is 5.17. The number of anilines is 1. The number of hydrogen-bond donors (Lipinski definition) is 1. The maximum absolute atomic E-state index is 12.3. The van der Waals surface area contributed by atoms with Crippen molar-refractivity contribution in [2.24, 2.45) is 0 Å². The number of carbonyl (C=O) groups is 1. The van der Waals surface area contributed by atoms with Gasteiger partial charge in [-0.2, -0.15) is 9.61 Å². The minimum Gasteiger partial charge on any atom is -0.487 e. The molecule has 0 aliphatic carbocycles. The van der Waals surface area contributed by atoms with E-state index in [2.05, 4.69) is 15.4 Å². The van der Waals surface area contributed by atoms with E-state index in [9.17, 15) is 9.59 Å². The molecule has 0 atom stereocenters. The van der Waals surface area contributed by atoms with Gasteiger partial charge in [-0.15, -0.1) is 0 Å². The molecule has 0 fully saturated rings. The monoisotopic (exact) mass is 426 g/mol. The number of hydrogen-bond acceptors (Lipinski definition) is 6. The van der Waals surface area contributed by atoms with Crippen LogP contribution in [0.3, 0.4) is 0 Å². The number of aryl methyl sites for hydroxylation is 1. The number of amides is 1. The highest BCUT2D eigenvalue weighted by molar-refractivity contribution is 7.16. The number of aromatic nitrogens is 3. The predicted octanol–water partition coefficient (Wildman–Crippen LogP) is 3.94. The van der Waals surface area contributed by atoms with Gasteiger partial charge in [-0.1, -0.05) is 35.1 Å². The molecule has 0 unspecified atom stereocenters. The van der Waals surface area contributed by atoms with Crippen LogP contribution in [0.25, 0.3) is 4.96 Å². The SMILES string of the molecule is Cc1nn2c(=O)cc(COc3ccc(NC(=O)c4ccccc4Cl)cc3)nc2s1.